The van der Waals surface area contributed by atoms with E-state index in [0.717, 1.165) is 5.56 Å². The highest BCUT2D eigenvalue weighted by molar-refractivity contribution is 7.99. The van der Waals surface area contributed by atoms with Gasteiger partial charge in [-0.1, -0.05) is 30.3 Å². The van der Waals surface area contributed by atoms with Crippen LogP contribution in [0.2, 0.25) is 0 Å². The van der Waals surface area contributed by atoms with Crippen molar-refractivity contribution in [2.45, 2.75) is 12.5 Å². The Kier molecular flexibility index (Phi) is 4.70. The largest absolute Gasteiger partial charge is 0.388 e. The zero-order valence-electron chi connectivity index (χ0n) is 8.14. The first-order chi connectivity index (χ1) is 6.74. The van der Waals surface area contributed by atoms with Crippen LogP contribution in [-0.4, -0.2) is 22.9 Å². The van der Waals surface area contributed by atoms with Gasteiger partial charge < -0.3 is 5.11 Å². The minimum atomic E-state index is -0.657. The summed E-state index contributed by atoms with van der Waals surface area (Å²) in [5, 5.41) is 9.69. The lowest BCUT2D eigenvalue weighted by Gasteiger charge is -2.09. The van der Waals surface area contributed by atoms with Crippen LogP contribution in [0.15, 0.2) is 30.3 Å². The lowest BCUT2D eigenvalue weighted by atomic mass is 10.1. The topological polar surface area (TPSA) is 37.3 Å². The molecule has 1 unspecified atom stereocenters. The molecule has 14 heavy (non-hydrogen) atoms. The number of hydrogen-bond donors (Lipinski definition) is 1. The fourth-order valence-electron chi connectivity index (χ4n) is 1.23. The van der Waals surface area contributed by atoms with Crippen molar-refractivity contribution in [2.24, 2.45) is 0 Å². The third-order valence-electron chi connectivity index (χ3n) is 1.91. The molecule has 0 radical (unpaired) electrons. The van der Waals surface area contributed by atoms with Gasteiger partial charge in [0.05, 0.1) is 11.9 Å². The van der Waals surface area contributed by atoms with Crippen LogP contribution in [-0.2, 0) is 4.79 Å². The minimum absolute atomic E-state index is 0.0915. The zero-order valence-corrected chi connectivity index (χ0v) is 8.96. The number of rotatable bonds is 5. The molecule has 0 aliphatic carbocycles. The molecular formula is C11H14O2S. The fourth-order valence-corrected chi connectivity index (χ4v) is 1.67. The lowest BCUT2D eigenvalue weighted by molar-refractivity contribution is -0.118. The van der Waals surface area contributed by atoms with E-state index in [9.17, 15) is 9.90 Å². The van der Waals surface area contributed by atoms with E-state index in [-0.39, 0.29) is 12.2 Å². The molecule has 0 bridgehead atoms. The molecular weight excluding hydrogens is 196 g/mol. The molecule has 0 aliphatic heterocycles. The fraction of sp³-hybridized carbons (Fsp3) is 0.364. The van der Waals surface area contributed by atoms with Crippen LogP contribution >= 0.6 is 11.8 Å². The Balaban J connectivity index is 2.50. The molecule has 0 spiro atoms. The molecule has 0 saturated heterocycles. The second-order valence-corrected chi connectivity index (χ2v) is 3.97. The quantitative estimate of drug-likeness (QED) is 0.808. The van der Waals surface area contributed by atoms with E-state index in [1.807, 2.05) is 36.6 Å². The lowest BCUT2D eigenvalue weighted by Crippen LogP contribution is -2.08. The van der Waals surface area contributed by atoms with E-state index in [0.29, 0.717) is 5.75 Å². The average molecular weight is 210 g/mol. The maximum absolute atomic E-state index is 11.2. The van der Waals surface area contributed by atoms with Gasteiger partial charge >= 0.3 is 0 Å². The third-order valence-corrected chi connectivity index (χ3v) is 2.52. The summed E-state index contributed by atoms with van der Waals surface area (Å²) < 4.78 is 0. The Morgan fingerprint density at radius 1 is 1.43 bits per heavy atom. The van der Waals surface area contributed by atoms with Crippen LogP contribution in [0.5, 0.6) is 0 Å². The Bertz CT molecular complexity index is 285. The van der Waals surface area contributed by atoms with Crippen LogP contribution in [0.4, 0.5) is 0 Å². The van der Waals surface area contributed by atoms with Crippen molar-refractivity contribution in [1.29, 1.82) is 0 Å². The van der Waals surface area contributed by atoms with Gasteiger partial charge in [0.15, 0.2) is 0 Å². The van der Waals surface area contributed by atoms with Gasteiger partial charge in [-0.3, -0.25) is 4.79 Å². The van der Waals surface area contributed by atoms with Gasteiger partial charge in [0.2, 0.25) is 0 Å². The first kappa shape index (κ1) is 11.3. The molecule has 0 fully saturated rings. The van der Waals surface area contributed by atoms with Gasteiger partial charge in [-0.25, -0.2) is 0 Å². The molecule has 0 heterocycles. The number of Topliss-reactive ketones (excluding diaryl/α,β-unsaturated/α-hetero) is 1. The summed E-state index contributed by atoms with van der Waals surface area (Å²) in [6, 6.07) is 9.27. The molecule has 76 valence electrons. The number of benzene rings is 1. The zero-order chi connectivity index (χ0) is 10.4. The summed E-state index contributed by atoms with van der Waals surface area (Å²) in [5.74, 6) is 0.568. The van der Waals surface area contributed by atoms with Gasteiger partial charge in [0, 0.05) is 6.42 Å². The van der Waals surface area contributed by atoms with Crippen LogP contribution < -0.4 is 0 Å². The van der Waals surface area contributed by atoms with Crippen molar-refractivity contribution < 1.29 is 9.90 Å². The predicted molar refractivity (Wildman–Crippen MR) is 59.4 cm³/mol. The molecule has 1 aromatic rings. The summed E-state index contributed by atoms with van der Waals surface area (Å²) in [7, 11) is 0. The number of thioether (sulfide) groups is 1. The Hall–Kier alpha value is -0.800. The predicted octanol–water partition coefficient (Wildman–Crippen LogP) is 2.04. The van der Waals surface area contributed by atoms with Gasteiger partial charge in [-0.05, 0) is 11.8 Å². The van der Waals surface area contributed by atoms with Crippen LogP contribution in [0.25, 0.3) is 0 Å². The second kappa shape index (κ2) is 5.83. The highest BCUT2D eigenvalue weighted by Gasteiger charge is 2.11. The van der Waals surface area contributed by atoms with E-state index < -0.39 is 6.10 Å². The molecule has 0 saturated carbocycles. The van der Waals surface area contributed by atoms with Crippen molar-refractivity contribution in [3.05, 3.63) is 35.9 Å². The van der Waals surface area contributed by atoms with Gasteiger partial charge in [0.25, 0.3) is 0 Å². The molecule has 1 atom stereocenters. The highest BCUT2D eigenvalue weighted by Crippen LogP contribution is 2.16. The highest BCUT2D eigenvalue weighted by atomic mass is 32.2. The molecule has 0 amide bonds. The van der Waals surface area contributed by atoms with Crippen molar-refractivity contribution in [1.82, 2.24) is 0 Å². The molecule has 3 heteroatoms. The van der Waals surface area contributed by atoms with Crippen LogP contribution in [0, 0.1) is 0 Å². The van der Waals surface area contributed by atoms with Crippen LogP contribution in [0.1, 0.15) is 18.1 Å². The Labute approximate surface area is 88.3 Å². The molecule has 1 aromatic carbocycles. The number of aliphatic hydroxyl groups excluding tert-OH is 1. The first-order valence-electron chi connectivity index (χ1n) is 4.47. The number of carbonyl (C=O) groups is 1. The summed E-state index contributed by atoms with van der Waals surface area (Å²) in [4.78, 5) is 11.2. The van der Waals surface area contributed by atoms with Gasteiger partial charge in [0.1, 0.15) is 5.78 Å². The van der Waals surface area contributed by atoms with Crippen molar-refractivity contribution in [3.8, 4) is 0 Å². The number of aliphatic hydroxyl groups is 1. The monoisotopic (exact) mass is 210 g/mol. The minimum Gasteiger partial charge on any atom is -0.388 e. The van der Waals surface area contributed by atoms with Crippen molar-refractivity contribution >= 4 is 17.5 Å². The molecule has 0 aliphatic rings. The maximum Gasteiger partial charge on any atom is 0.145 e. The third kappa shape index (κ3) is 3.52. The summed E-state index contributed by atoms with van der Waals surface area (Å²) in [6.07, 6.45) is 1.44. The van der Waals surface area contributed by atoms with Crippen LogP contribution in [0.3, 0.4) is 0 Å². The smallest absolute Gasteiger partial charge is 0.145 e. The summed E-state index contributed by atoms with van der Waals surface area (Å²) >= 11 is 1.49. The number of ketones is 1. The van der Waals surface area contributed by atoms with E-state index in [2.05, 4.69) is 0 Å². The Morgan fingerprint density at radius 3 is 2.64 bits per heavy atom. The molecule has 0 aromatic heterocycles. The number of carbonyl (C=O) groups excluding carboxylic acids is 1. The molecule has 2 nitrogen and oxygen atoms in total. The molecule has 1 rings (SSSR count). The Morgan fingerprint density at radius 2 is 2.07 bits per heavy atom. The van der Waals surface area contributed by atoms with Gasteiger partial charge in [-0.15, -0.1) is 0 Å². The summed E-state index contributed by atoms with van der Waals surface area (Å²) in [6.45, 7) is 0. The second-order valence-electron chi connectivity index (χ2n) is 3.10. The van der Waals surface area contributed by atoms with E-state index in [1.165, 1.54) is 11.8 Å². The first-order valence-corrected chi connectivity index (χ1v) is 5.87. The SMILES string of the molecule is CSCC(=O)CC(O)c1ccccc1. The van der Waals surface area contributed by atoms with Crippen molar-refractivity contribution in [3.63, 3.8) is 0 Å². The summed E-state index contributed by atoms with van der Waals surface area (Å²) in [5.41, 5.74) is 0.807. The average Bonchev–Trinajstić information content (AvgIpc) is 2.19. The maximum atomic E-state index is 11.2. The van der Waals surface area contributed by atoms with E-state index in [1.54, 1.807) is 0 Å². The van der Waals surface area contributed by atoms with Gasteiger partial charge in [-0.2, -0.15) is 11.8 Å². The normalized spacial score (nSPS) is 12.4. The number of hydrogen-bond acceptors (Lipinski definition) is 3. The van der Waals surface area contributed by atoms with E-state index in [4.69, 9.17) is 0 Å². The van der Waals surface area contributed by atoms with E-state index >= 15 is 0 Å². The molecule has 1 N–H and O–H groups in total. The standard InChI is InChI=1S/C11H14O2S/c1-14-8-10(12)7-11(13)9-5-3-2-4-6-9/h2-6,11,13H,7-8H2,1H3. The van der Waals surface area contributed by atoms with Crippen molar-refractivity contribution in [2.75, 3.05) is 12.0 Å².